The van der Waals surface area contributed by atoms with Gasteiger partial charge in [-0.05, 0) is 35.9 Å². The van der Waals surface area contributed by atoms with Gasteiger partial charge in [-0.25, -0.2) is 4.79 Å². The van der Waals surface area contributed by atoms with Crippen LogP contribution in [-0.2, 0) is 14.3 Å². The van der Waals surface area contributed by atoms with Crippen molar-refractivity contribution in [3.05, 3.63) is 54.1 Å². The summed E-state index contributed by atoms with van der Waals surface area (Å²) in [7, 11) is 2.91. The first-order chi connectivity index (χ1) is 14.2. The summed E-state index contributed by atoms with van der Waals surface area (Å²) < 4.78 is 55.2. The Morgan fingerprint density at radius 1 is 1.00 bits per heavy atom. The zero-order valence-corrected chi connectivity index (χ0v) is 16.0. The Labute approximate surface area is 170 Å². The number of hydrogen-bond donors (Lipinski definition) is 1. The number of carbonyl (C=O) groups is 2. The minimum Gasteiger partial charge on any atom is -0.497 e. The van der Waals surface area contributed by atoms with Gasteiger partial charge in [0.25, 0.3) is 5.91 Å². The average molecular weight is 425 g/mol. The quantitative estimate of drug-likeness (QED) is 0.512. The van der Waals surface area contributed by atoms with Crippen molar-refractivity contribution in [2.24, 2.45) is 0 Å². The maximum absolute atomic E-state index is 12.1. The molecule has 0 unspecified atom stereocenters. The third kappa shape index (κ3) is 7.38. The number of amides is 1. The van der Waals surface area contributed by atoms with Crippen LogP contribution in [0.2, 0.25) is 0 Å². The smallest absolute Gasteiger partial charge is 0.497 e. The van der Waals surface area contributed by atoms with Crippen LogP contribution in [0.5, 0.6) is 17.2 Å². The van der Waals surface area contributed by atoms with Gasteiger partial charge in [0.05, 0.1) is 19.9 Å². The highest BCUT2D eigenvalue weighted by atomic mass is 19.4. The number of methoxy groups -OCH3 is 2. The number of rotatable bonds is 8. The lowest BCUT2D eigenvalue weighted by molar-refractivity contribution is -0.274. The van der Waals surface area contributed by atoms with Crippen molar-refractivity contribution in [1.29, 1.82) is 0 Å². The number of anilines is 1. The molecule has 0 spiro atoms. The van der Waals surface area contributed by atoms with Gasteiger partial charge >= 0.3 is 12.3 Å². The number of esters is 1. The molecule has 0 heterocycles. The van der Waals surface area contributed by atoms with E-state index in [1.54, 1.807) is 18.2 Å². The van der Waals surface area contributed by atoms with Crippen LogP contribution in [-0.4, -0.2) is 39.1 Å². The molecule has 0 saturated heterocycles. The summed E-state index contributed by atoms with van der Waals surface area (Å²) in [6.07, 6.45) is -2.42. The molecule has 30 heavy (non-hydrogen) atoms. The number of ether oxygens (including phenoxy) is 4. The summed E-state index contributed by atoms with van der Waals surface area (Å²) in [5, 5.41) is 2.54. The van der Waals surface area contributed by atoms with E-state index >= 15 is 0 Å². The predicted octanol–water partition coefficient (Wildman–Crippen LogP) is 3.80. The maximum Gasteiger partial charge on any atom is 0.573 e. The molecule has 1 N–H and O–H groups in total. The van der Waals surface area contributed by atoms with Crippen molar-refractivity contribution in [3.63, 3.8) is 0 Å². The van der Waals surface area contributed by atoms with Crippen LogP contribution in [0, 0.1) is 0 Å². The van der Waals surface area contributed by atoms with Gasteiger partial charge in [0.15, 0.2) is 6.61 Å². The monoisotopic (exact) mass is 425 g/mol. The first-order valence-corrected chi connectivity index (χ1v) is 8.42. The molecule has 2 aromatic rings. The summed E-state index contributed by atoms with van der Waals surface area (Å²) in [6.45, 7) is -0.554. The number of halogens is 3. The molecule has 0 aliphatic heterocycles. The number of hydrogen-bond acceptors (Lipinski definition) is 6. The number of benzene rings is 2. The molecule has 0 fully saturated rings. The van der Waals surface area contributed by atoms with Crippen LogP contribution in [0.1, 0.15) is 5.56 Å². The largest absolute Gasteiger partial charge is 0.573 e. The SMILES string of the molecule is COc1ccc(OC)c(NC(=O)COC(=O)/C=C/c2ccc(OC(F)(F)F)cc2)c1. The predicted molar refractivity (Wildman–Crippen MR) is 101 cm³/mol. The standard InChI is InChI=1S/C20H18F3NO6/c1-27-15-8-9-17(28-2)16(11-15)24-18(25)12-29-19(26)10-5-13-3-6-14(7-4-13)30-20(21,22)23/h3-11H,12H2,1-2H3,(H,24,25)/b10-5+. The lowest BCUT2D eigenvalue weighted by atomic mass is 10.2. The maximum atomic E-state index is 12.1. The lowest BCUT2D eigenvalue weighted by Gasteiger charge is -2.11. The van der Waals surface area contributed by atoms with E-state index in [1.807, 2.05) is 0 Å². The normalized spacial score (nSPS) is 11.1. The molecule has 160 valence electrons. The second kappa shape index (κ2) is 10.2. The van der Waals surface area contributed by atoms with Crippen molar-refractivity contribution < 1.29 is 41.7 Å². The lowest BCUT2D eigenvalue weighted by Crippen LogP contribution is -2.20. The van der Waals surface area contributed by atoms with Gasteiger partial charge in [-0.1, -0.05) is 12.1 Å². The number of nitrogens with one attached hydrogen (secondary N) is 1. The molecule has 10 heteroatoms. The van der Waals surface area contributed by atoms with Gasteiger partial charge in [0, 0.05) is 12.1 Å². The second-order valence-electron chi connectivity index (χ2n) is 5.67. The van der Waals surface area contributed by atoms with E-state index in [4.69, 9.17) is 14.2 Å². The minimum atomic E-state index is -4.78. The van der Waals surface area contributed by atoms with Crippen molar-refractivity contribution in [2.45, 2.75) is 6.36 Å². The highest BCUT2D eigenvalue weighted by Crippen LogP contribution is 2.28. The fourth-order valence-electron chi connectivity index (χ4n) is 2.23. The van der Waals surface area contributed by atoms with E-state index in [1.165, 1.54) is 32.4 Å². The summed E-state index contributed by atoms with van der Waals surface area (Å²) in [5.41, 5.74) is 0.779. The Hall–Kier alpha value is -3.69. The minimum absolute atomic E-state index is 0.342. The molecule has 0 aliphatic rings. The van der Waals surface area contributed by atoms with Crippen LogP contribution in [0.3, 0.4) is 0 Å². The van der Waals surface area contributed by atoms with Crippen LogP contribution in [0.15, 0.2) is 48.5 Å². The molecule has 2 aromatic carbocycles. The fourth-order valence-corrected chi connectivity index (χ4v) is 2.23. The zero-order valence-electron chi connectivity index (χ0n) is 16.0. The molecular formula is C20H18F3NO6. The van der Waals surface area contributed by atoms with Crippen LogP contribution in [0.25, 0.3) is 6.08 Å². The Balaban J connectivity index is 1.86. The average Bonchev–Trinajstić information content (AvgIpc) is 2.70. The van der Waals surface area contributed by atoms with E-state index < -0.39 is 24.8 Å². The highest BCUT2D eigenvalue weighted by Gasteiger charge is 2.30. The molecule has 1 amide bonds. The summed E-state index contributed by atoms with van der Waals surface area (Å²) in [4.78, 5) is 23.7. The van der Waals surface area contributed by atoms with Gasteiger partial charge < -0.3 is 24.3 Å². The van der Waals surface area contributed by atoms with Crippen LogP contribution in [0.4, 0.5) is 18.9 Å². The van der Waals surface area contributed by atoms with E-state index in [-0.39, 0.29) is 5.75 Å². The van der Waals surface area contributed by atoms with E-state index in [0.717, 1.165) is 18.2 Å². The summed E-state index contributed by atoms with van der Waals surface area (Å²) in [5.74, 6) is -0.895. The van der Waals surface area contributed by atoms with Crippen LogP contribution < -0.4 is 19.5 Å². The molecule has 7 nitrogen and oxygen atoms in total. The Kier molecular flexibility index (Phi) is 7.68. The van der Waals surface area contributed by atoms with Gasteiger partial charge in [0.2, 0.25) is 0 Å². The molecule has 0 aromatic heterocycles. The van der Waals surface area contributed by atoms with Gasteiger partial charge in [-0.3, -0.25) is 4.79 Å². The molecule has 0 saturated carbocycles. The van der Waals surface area contributed by atoms with E-state index in [0.29, 0.717) is 22.7 Å². The van der Waals surface area contributed by atoms with Gasteiger partial charge in [0.1, 0.15) is 17.2 Å². The van der Waals surface area contributed by atoms with Crippen molar-refractivity contribution in [2.75, 3.05) is 26.1 Å². The number of carbonyl (C=O) groups excluding carboxylic acids is 2. The van der Waals surface area contributed by atoms with E-state index in [9.17, 15) is 22.8 Å². The molecule has 0 radical (unpaired) electrons. The molecule has 2 rings (SSSR count). The first kappa shape index (κ1) is 22.6. The Morgan fingerprint density at radius 3 is 2.27 bits per heavy atom. The van der Waals surface area contributed by atoms with Crippen molar-refractivity contribution in [3.8, 4) is 17.2 Å². The Bertz CT molecular complexity index is 910. The molecule has 0 bridgehead atoms. The molecule has 0 aliphatic carbocycles. The Morgan fingerprint density at radius 2 is 1.67 bits per heavy atom. The van der Waals surface area contributed by atoms with Crippen molar-refractivity contribution >= 4 is 23.6 Å². The van der Waals surface area contributed by atoms with Crippen LogP contribution >= 0.6 is 0 Å². The third-order valence-corrected chi connectivity index (χ3v) is 3.55. The van der Waals surface area contributed by atoms with Gasteiger partial charge in [-0.2, -0.15) is 0 Å². The van der Waals surface area contributed by atoms with E-state index in [2.05, 4.69) is 10.1 Å². The summed E-state index contributed by atoms with van der Waals surface area (Å²) >= 11 is 0. The summed E-state index contributed by atoms with van der Waals surface area (Å²) in [6, 6.07) is 9.67. The molecule has 0 atom stereocenters. The first-order valence-electron chi connectivity index (χ1n) is 8.42. The highest BCUT2D eigenvalue weighted by molar-refractivity contribution is 5.95. The molecular weight excluding hydrogens is 407 g/mol. The second-order valence-corrected chi connectivity index (χ2v) is 5.67. The third-order valence-electron chi connectivity index (χ3n) is 3.55. The topological polar surface area (TPSA) is 83.1 Å². The zero-order chi connectivity index (χ0) is 22.1. The van der Waals surface area contributed by atoms with Crippen molar-refractivity contribution in [1.82, 2.24) is 0 Å². The fraction of sp³-hybridized carbons (Fsp3) is 0.200. The van der Waals surface area contributed by atoms with Gasteiger partial charge in [-0.15, -0.1) is 13.2 Å². The number of alkyl halides is 3.